The van der Waals surface area contributed by atoms with Crippen molar-refractivity contribution in [3.05, 3.63) is 17.8 Å². The van der Waals surface area contributed by atoms with Crippen molar-refractivity contribution in [2.24, 2.45) is 0 Å². The average Bonchev–Trinajstić information content (AvgIpc) is 3.06. The second-order valence-corrected chi connectivity index (χ2v) is 5.28. The van der Waals surface area contributed by atoms with E-state index < -0.39 is 0 Å². The molecule has 1 aliphatic carbocycles. The van der Waals surface area contributed by atoms with Gasteiger partial charge in [0.2, 0.25) is 0 Å². The van der Waals surface area contributed by atoms with Crippen LogP contribution < -0.4 is 11.1 Å². The third-order valence-electron chi connectivity index (χ3n) is 3.78. The second-order valence-electron chi connectivity index (χ2n) is 5.28. The van der Waals surface area contributed by atoms with Crippen LogP contribution in [0.4, 0.5) is 11.5 Å². The molecule has 1 saturated carbocycles. The van der Waals surface area contributed by atoms with Crippen LogP contribution in [0, 0.1) is 6.92 Å². The highest BCUT2D eigenvalue weighted by Gasteiger charge is 2.34. The summed E-state index contributed by atoms with van der Waals surface area (Å²) in [6, 6.07) is 3.35. The molecule has 2 fully saturated rings. The summed E-state index contributed by atoms with van der Waals surface area (Å²) in [6.45, 7) is 4.36. The van der Waals surface area contributed by atoms with Gasteiger partial charge in [0.25, 0.3) is 0 Å². The van der Waals surface area contributed by atoms with Crippen LogP contribution >= 0.6 is 0 Å². The summed E-state index contributed by atoms with van der Waals surface area (Å²) >= 11 is 0. The minimum Gasteiger partial charge on any atom is -0.398 e. The Bertz CT molecular complexity index is 414. The summed E-state index contributed by atoms with van der Waals surface area (Å²) in [5.74, 6) is 0.913. The zero-order valence-corrected chi connectivity index (χ0v) is 10.3. The first kappa shape index (κ1) is 10.8. The molecule has 0 aromatic carbocycles. The monoisotopic (exact) mass is 232 g/mol. The molecule has 0 spiro atoms. The van der Waals surface area contributed by atoms with Crippen molar-refractivity contribution in [1.82, 2.24) is 9.88 Å². The fraction of sp³-hybridized carbons (Fsp3) is 0.615. The Morgan fingerprint density at radius 2 is 2.24 bits per heavy atom. The Morgan fingerprint density at radius 3 is 2.94 bits per heavy atom. The zero-order valence-electron chi connectivity index (χ0n) is 10.3. The van der Waals surface area contributed by atoms with Crippen molar-refractivity contribution >= 4 is 11.5 Å². The summed E-state index contributed by atoms with van der Waals surface area (Å²) < 4.78 is 0. The Kier molecular flexibility index (Phi) is 2.67. The summed E-state index contributed by atoms with van der Waals surface area (Å²) in [5.41, 5.74) is 7.75. The first-order chi connectivity index (χ1) is 8.22. The van der Waals surface area contributed by atoms with E-state index in [1.54, 1.807) is 0 Å². The molecule has 0 bridgehead atoms. The van der Waals surface area contributed by atoms with E-state index in [2.05, 4.69) is 15.2 Å². The number of pyridine rings is 1. The molecule has 4 heteroatoms. The molecule has 1 aliphatic heterocycles. The highest BCUT2D eigenvalue weighted by molar-refractivity contribution is 5.53. The van der Waals surface area contributed by atoms with E-state index in [1.807, 2.05) is 19.2 Å². The number of nitrogens with zero attached hydrogens (tertiary/aromatic N) is 2. The van der Waals surface area contributed by atoms with Gasteiger partial charge in [0, 0.05) is 43.1 Å². The zero-order chi connectivity index (χ0) is 11.8. The van der Waals surface area contributed by atoms with Crippen molar-refractivity contribution in [1.29, 1.82) is 0 Å². The van der Waals surface area contributed by atoms with E-state index >= 15 is 0 Å². The number of aryl methyl sites for hydroxylation is 1. The predicted molar refractivity (Wildman–Crippen MR) is 70.0 cm³/mol. The minimum absolute atomic E-state index is 0.533. The summed E-state index contributed by atoms with van der Waals surface area (Å²) in [6.07, 6.45) is 5.84. The molecule has 1 saturated heterocycles. The van der Waals surface area contributed by atoms with Gasteiger partial charge in [0.05, 0.1) is 0 Å². The van der Waals surface area contributed by atoms with Gasteiger partial charge in [-0.15, -0.1) is 0 Å². The number of aromatic nitrogens is 1. The van der Waals surface area contributed by atoms with Gasteiger partial charge in [0.15, 0.2) is 0 Å². The first-order valence-corrected chi connectivity index (χ1v) is 6.45. The highest BCUT2D eigenvalue weighted by atomic mass is 15.2. The Morgan fingerprint density at radius 1 is 1.41 bits per heavy atom. The quantitative estimate of drug-likeness (QED) is 0.831. The Hall–Kier alpha value is -1.29. The largest absolute Gasteiger partial charge is 0.398 e. The lowest BCUT2D eigenvalue weighted by atomic mass is 10.2. The molecule has 4 nitrogen and oxygen atoms in total. The van der Waals surface area contributed by atoms with E-state index in [9.17, 15) is 0 Å². The van der Waals surface area contributed by atoms with Gasteiger partial charge in [-0.3, -0.25) is 4.90 Å². The van der Waals surface area contributed by atoms with Crippen LogP contribution in [-0.2, 0) is 0 Å². The van der Waals surface area contributed by atoms with Gasteiger partial charge in [-0.05, 0) is 31.7 Å². The number of nitrogen functional groups attached to an aromatic ring is 1. The molecule has 3 N–H and O–H groups in total. The van der Waals surface area contributed by atoms with Gasteiger partial charge in [0.1, 0.15) is 5.82 Å². The van der Waals surface area contributed by atoms with E-state index in [4.69, 9.17) is 5.73 Å². The molecule has 2 heterocycles. The molecular formula is C13H20N4. The highest BCUT2D eigenvalue weighted by Crippen LogP contribution is 2.30. The number of hydrogen-bond acceptors (Lipinski definition) is 4. The van der Waals surface area contributed by atoms with Crippen LogP contribution in [0.15, 0.2) is 12.3 Å². The first-order valence-electron chi connectivity index (χ1n) is 6.45. The fourth-order valence-corrected chi connectivity index (χ4v) is 2.50. The Labute approximate surface area is 102 Å². The maximum Gasteiger partial charge on any atom is 0.128 e. The van der Waals surface area contributed by atoms with Gasteiger partial charge in [-0.1, -0.05) is 0 Å². The lowest BCUT2D eigenvalue weighted by molar-refractivity contribution is 0.326. The molecule has 92 valence electrons. The normalized spacial score (nSPS) is 25.1. The number of nitrogens with one attached hydrogen (secondary N) is 1. The predicted octanol–water partition coefficient (Wildman–Crippen LogP) is 1.62. The number of likely N-dealkylation sites (tertiary alicyclic amines) is 1. The number of rotatable bonds is 3. The molecular weight excluding hydrogens is 212 g/mol. The van der Waals surface area contributed by atoms with E-state index in [0.29, 0.717) is 6.04 Å². The summed E-state index contributed by atoms with van der Waals surface area (Å²) in [7, 11) is 0. The van der Waals surface area contributed by atoms with E-state index in [-0.39, 0.29) is 0 Å². The van der Waals surface area contributed by atoms with Gasteiger partial charge in [-0.2, -0.15) is 0 Å². The molecule has 0 amide bonds. The standard InChI is InChI=1S/C13H20N4/c1-9-7-15-13(6-12(9)14)16-10-4-5-17(8-10)11-2-3-11/h6-7,10-11H,2-5,8H2,1H3,(H3,14,15,16). The van der Waals surface area contributed by atoms with Crippen LogP contribution in [0.1, 0.15) is 24.8 Å². The van der Waals surface area contributed by atoms with Crippen LogP contribution in [0.5, 0.6) is 0 Å². The SMILES string of the molecule is Cc1cnc(NC2CCN(C3CC3)C2)cc1N. The van der Waals surface area contributed by atoms with Crippen LogP contribution in [0.3, 0.4) is 0 Å². The molecule has 3 rings (SSSR count). The third kappa shape index (κ3) is 2.36. The number of hydrogen-bond donors (Lipinski definition) is 2. The van der Waals surface area contributed by atoms with Crippen molar-refractivity contribution in [2.45, 2.75) is 38.3 Å². The Balaban J connectivity index is 1.61. The fourth-order valence-electron chi connectivity index (χ4n) is 2.50. The van der Waals surface area contributed by atoms with Crippen molar-refractivity contribution < 1.29 is 0 Å². The summed E-state index contributed by atoms with van der Waals surface area (Å²) in [4.78, 5) is 6.97. The van der Waals surface area contributed by atoms with Crippen LogP contribution in [0.25, 0.3) is 0 Å². The molecule has 1 aromatic rings. The molecule has 17 heavy (non-hydrogen) atoms. The number of anilines is 2. The smallest absolute Gasteiger partial charge is 0.128 e. The minimum atomic E-state index is 0.533. The van der Waals surface area contributed by atoms with Gasteiger partial charge < -0.3 is 11.1 Å². The van der Waals surface area contributed by atoms with Crippen molar-refractivity contribution in [3.8, 4) is 0 Å². The van der Waals surface area contributed by atoms with Crippen LogP contribution in [-0.4, -0.2) is 35.1 Å². The van der Waals surface area contributed by atoms with E-state index in [0.717, 1.165) is 29.7 Å². The van der Waals surface area contributed by atoms with Crippen LogP contribution in [0.2, 0.25) is 0 Å². The summed E-state index contributed by atoms with van der Waals surface area (Å²) in [5, 5.41) is 3.49. The molecule has 2 aliphatic rings. The maximum atomic E-state index is 5.89. The third-order valence-corrected chi connectivity index (χ3v) is 3.78. The topological polar surface area (TPSA) is 54.2 Å². The lowest BCUT2D eigenvalue weighted by Gasteiger charge is -2.16. The molecule has 0 radical (unpaired) electrons. The van der Waals surface area contributed by atoms with Gasteiger partial charge >= 0.3 is 0 Å². The molecule has 1 aromatic heterocycles. The average molecular weight is 232 g/mol. The number of nitrogens with two attached hydrogens (primary N) is 1. The van der Waals surface area contributed by atoms with Crippen molar-refractivity contribution in [2.75, 3.05) is 24.1 Å². The molecule has 1 unspecified atom stereocenters. The molecule has 1 atom stereocenters. The van der Waals surface area contributed by atoms with Crippen molar-refractivity contribution in [3.63, 3.8) is 0 Å². The lowest BCUT2D eigenvalue weighted by Crippen LogP contribution is -2.28. The second kappa shape index (κ2) is 4.18. The maximum absolute atomic E-state index is 5.89. The van der Waals surface area contributed by atoms with E-state index in [1.165, 1.54) is 25.8 Å². The van der Waals surface area contributed by atoms with Gasteiger partial charge in [-0.25, -0.2) is 4.98 Å².